The van der Waals surface area contributed by atoms with Crippen LogP contribution in [0.1, 0.15) is 5.82 Å². The minimum Gasteiger partial charge on any atom is -0.278 e. The number of rotatable bonds is 2. The van der Waals surface area contributed by atoms with Crippen LogP contribution in [0.4, 0.5) is 0 Å². The Morgan fingerprint density at radius 1 is 1.05 bits per heavy atom. The summed E-state index contributed by atoms with van der Waals surface area (Å²) in [5.74, 6) is 0.764. The lowest BCUT2D eigenvalue weighted by atomic mass is 10.0. The van der Waals surface area contributed by atoms with Crippen molar-refractivity contribution in [2.45, 2.75) is 6.92 Å². The molecule has 0 aliphatic heterocycles. The highest BCUT2D eigenvalue weighted by atomic mass is 15.5. The number of fused-ring (bicyclic) bond motifs is 1. The van der Waals surface area contributed by atoms with Gasteiger partial charge in [0.15, 0.2) is 5.82 Å². The fourth-order valence-corrected chi connectivity index (χ4v) is 2.47. The molecule has 2 aromatic heterocycles. The van der Waals surface area contributed by atoms with Crippen LogP contribution in [-0.2, 0) is 0 Å². The van der Waals surface area contributed by atoms with Gasteiger partial charge in [0.25, 0.3) is 0 Å². The molecule has 102 valence electrons. The molecule has 0 bridgehead atoms. The molecule has 0 radical (unpaired) electrons. The van der Waals surface area contributed by atoms with Crippen LogP contribution in [0.15, 0.2) is 48.7 Å². The van der Waals surface area contributed by atoms with Crippen LogP contribution < -0.4 is 0 Å². The Morgan fingerprint density at radius 3 is 2.67 bits per heavy atom. The van der Waals surface area contributed by atoms with Gasteiger partial charge in [-0.1, -0.05) is 24.3 Å². The minimum absolute atomic E-state index is 0.764. The molecule has 0 spiro atoms. The van der Waals surface area contributed by atoms with E-state index in [-0.39, 0.29) is 0 Å². The highest BCUT2D eigenvalue weighted by Crippen LogP contribution is 2.28. The monoisotopic (exact) mass is 276 g/mol. The average molecular weight is 276 g/mol. The number of nitrogens with zero attached hydrogens (tertiary/aromatic N) is 5. The maximum Gasteiger partial charge on any atom is 0.153 e. The van der Waals surface area contributed by atoms with Gasteiger partial charge in [-0.3, -0.25) is 5.10 Å². The molecule has 4 rings (SSSR count). The Morgan fingerprint density at radius 2 is 1.90 bits per heavy atom. The molecule has 0 saturated heterocycles. The van der Waals surface area contributed by atoms with Crippen molar-refractivity contribution in [1.29, 1.82) is 0 Å². The highest BCUT2D eigenvalue weighted by molar-refractivity contribution is 5.94. The first-order chi connectivity index (χ1) is 10.3. The first-order valence-corrected chi connectivity index (χ1v) is 6.61. The van der Waals surface area contributed by atoms with E-state index in [2.05, 4.69) is 43.9 Å². The molecule has 1 N–H and O–H groups in total. The molecule has 0 saturated carbocycles. The van der Waals surface area contributed by atoms with Crippen molar-refractivity contribution < 1.29 is 0 Å². The first-order valence-electron chi connectivity index (χ1n) is 6.61. The zero-order valence-corrected chi connectivity index (χ0v) is 11.4. The molecule has 21 heavy (non-hydrogen) atoms. The molecular weight excluding hydrogens is 264 g/mol. The van der Waals surface area contributed by atoms with E-state index in [1.807, 2.05) is 37.4 Å². The average Bonchev–Trinajstić information content (AvgIpc) is 3.15. The summed E-state index contributed by atoms with van der Waals surface area (Å²) in [6.07, 6.45) is 1.85. The number of hydrogen-bond donors (Lipinski definition) is 1. The number of nitrogens with one attached hydrogen (secondary N) is 1. The van der Waals surface area contributed by atoms with Crippen LogP contribution in [0.25, 0.3) is 27.7 Å². The van der Waals surface area contributed by atoms with Gasteiger partial charge >= 0.3 is 0 Å². The smallest absolute Gasteiger partial charge is 0.153 e. The predicted octanol–water partition coefficient (Wildman–Crippen LogP) is 2.51. The van der Waals surface area contributed by atoms with Gasteiger partial charge < -0.3 is 0 Å². The quantitative estimate of drug-likeness (QED) is 0.610. The summed E-state index contributed by atoms with van der Waals surface area (Å²) < 4.78 is 1.71. The van der Waals surface area contributed by atoms with Crippen LogP contribution in [0.2, 0.25) is 0 Å². The molecule has 2 heterocycles. The second-order valence-corrected chi connectivity index (χ2v) is 4.82. The van der Waals surface area contributed by atoms with Gasteiger partial charge in [0, 0.05) is 5.39 Å². The standard InChI is InChI=1S/C15H12N6/c1-10-17-19-20-21(10)12-7-5-11(6-8-12)13-3-2-4-15-14(13)9-16-18-15/h2-9H,1H3,(H,16,18). The zero-order chi connectivity index (χ0) is 14.2. The lowest BCUT2D eigenvalue weighted by Crippen LogP contribution is -1.98. The predicted molar refractivity (Wildman–Crippen MR) is 79.0 cm³/mol. The van der Waals surface area contributed by atoms with E-state index in [1.165, 1.54) is 0 Å². The van der Waals surface area contributed by atoms with Gasteiger partial charge in [0.1, 0.15) is 0 Å². The fourth-order valence-electron chi connectivity index (χ4n) is 2.47. The number of aromatic amines is 1. The summed E-state index contributed by atoms with van der Waals surface area (Å²) in [6.45, 7) is 1.88. The Kier molecular flexibility index (Phi) is 2.53. The van der Waals surface area contributed by atoms with Gasteiger partial charge in [-0.05, 0) is 46.7 Å². The van der Waals surface area contributed by atoms with Crippen molar-refractivity contribution in [1.82, 2.24) is 30.4 Å². The molecule has 0 atom stereocenters. The zero-order valence-electron chi connectivity index (χ0n) is 11.4. The summed E-state index contributed by atoms with van der Waals surface area (Å²) >= 11 is 0. The summed E-state index contributed by atoms with van der Waals surface area (Å²) in [5, 5.41) is 19.7. The Hall–Kier alpha value is -3.02. The first kappa shape index (κ1) is 11.8. The lowest BCUT2D eigenvalue weighted by molar-refractivity contribution is 0.779. The molecule has 0 aliphatic carbocycles. The van der Waals surface area contributed by atoms with Crippen LogP contribution in [0.5, 0.6) is 0 Å². The Labute approximate surface area is 120 Å². The second-order valence-electron chi connectivity index (χ2n) is 4.82. The molecular formula is C15H12N6. The normalized spacial score (nSPS) is 11.1. The van der Waals surface area contributed by atoms with Gasteiger partial charge in [0.05, 0.1) is 17.4 Å². The molecule has 0 aliphatic rings. The summed E-state index contributed by atoms with van der Waals surface area (Å²) in [4.78, 5) is 0. The lowest BCUT2D eigenvalue weighted by Gasteiger charge is -2.06. The Balaban J connectivity index is 1.80. The topological polar surface area (TPSA) is 72.3 Å². The number of aromatic nitrogens is 6. The van der Waals surface area contributed by atoms with Crippen LogP contribution in [-0.4, -0.2) is 30.4 Å². The third kappa shape index (κ3) is 1.88. The van der Waals surface area contributed by atoms with Crippen molar-refractivity contribution in [3.05, 3.63) is 54.5 Å². The number of tetrazole rings is 1. The van der Waals surface area contributed by atoms with Gasteiger partial charge in [-0.15, -0.1) is 5.10 Å². The van der Waals surface area contributed by atoms with E-state index in [9.17, 15) is 0 Å². The van der Waals surface area contributed by atoms with E-state index in [1.54, 1.807) is 4.68 Å². The summed E-state index contributed by atoms with van der Waals surface area (Å²) in [7, 11) is 0. The van der Waals surface area contributed by atoms with Gasteiger partial charge in [-0.25, -0.2) is 0 Å². The number of H-pyrrole nitrogens is 1. The highest BCUT2D eigenvalue weighted by Gasteiger charge is 2.07. The van der Waals surface area contributed by atoms with E-state index in [0.29, 0.717) is 0 Å². The maximum absolute atomic E-state index is 4.10. The van der Waals surface area contributed by atoms with Crippen molar-refractivity contribution in [3.8, 4) is 16.8 Å². The van der Waals surface area contributed by atoms with Crippen molar-refractivity contribution in [2.75, 3.05) is 0 Å². The number of aryl methyl sites for hydroxylation is 1. The molecule has 4 aromatic rings. The third-order valence-electron chi connectivity index (χ3n) is 3.53. The maximum atomic E-state index is 4.10. The minimum atomic E-state index is 0.764. The van der Waals surface area contributed by atoms with E-state index >= 15 is 0 Å². The largest absolute Gasteiger partial charge is 0.278 e. The van der Waals surface area contributed by atoms with Crippen molar-refractivity contribution >= 4 is 10.9 Å². The SMILES string of the molecule is Cc1nnnn1-c1ccc(-c2cccc3[nH]ncc23)cc1. The van der Waals surface area contributed by atoms with Crippen LogP contribution in [0, 0.1) is 6.92 Å². The second kappa shape index (κ2) is 4.52. The van der Waals surface area contributed by atoms with Gasteiger partial charge in [-0.2, -0.15) is 9.78 Å². The van der Waals surface area contributed by atoms with E-state index in [0.717, 1.165) is 33.5 Å². The molecule has 0 unspecified atom stereocenters. The summed E-state index contributed by atoms with van der Waals surface area (Å²) in [6, 6.07) is 14.3. The molecule has 2 aromatic carbocycles. The van der Waals surface area contributed by atoms with Crippen molar-refractivity contribution in [2.24, 2.45) is 0 Å². The van der Waals surface area contributed by atoms with E-state index in [4.69, 9.17) is 0 Å². The fraction of sp³-hybridized carbons (Fsp3) is 0.0667. The van der Waals surface area contributed by atoms with Gasteiger partial charge in [0.2, 0.25) is 0 Å². The van der Waals surface area contributed by atoms with Crippen molar-refractivity contribution in [3.63, 3.8) is 0 Å². The summed E-state index contributed by atoms with van der Waals surface area (Å²) in [5.41, 5.74) is 4.27. The van der Waals surface area contributed by atoms with Crippen LogP contribution in [0.3, 0.4) is 0 Å². The molecule has 0 fully saturated rings. The number of hydrogen-bond acceptors (Lipinski definition) is 4. The van der Waals surface area contributed by atoms with E-state index < -0.39 is 0 Å². The van der Waals surface area contributed by atoms with Crippen LogP contribution >= 0.6 is 0 Å². The number of benzene rings is 2. The third-order valence-corrected chi connectivity index (χ3v) is 3.53. The molecule has 6 nitrogen and oxygen atoms in total. The molecule has 0 amide bonds. The molecule has 6 heteroatoms. The Bertz CT molecular complexity index is 903.